The highest BCUT2D eigenvalue weighted by atomic mass is 32.2. The molecule has 1 rings (SSSR count). The molecule has 3 N–H and O–H groups in total. The van der Waals surface area contributed by atoms with Crippen molar-refractivity contribution in [3.05, 3.63) is 24.0 Å². The summed E-state index contributed by atoms with van der Waals surface area (Å²) in [6.45, 7) is 0.0331. The van der Waals surface area contributed by atoms with Gasteiger partial charge in [0.2, 0.25) is 10.0 Å². The third-order valence-electron chi connectivity index (χ3n) is 2.22. The molecule has 0 aliphatic heterocycles. The van der Waals surface area contributed by atoms with Crippen molar-refractivity contribution in [1.82, 2.24) is 14.6 Å². The number of nitrogens with one attached hydrogen (secondary N) is 1. The van der Waals surface area contributed by atoms with E-state index >= 15 is 0 Å². The Balaban J connectivity index is 2.50. The summed E-state index contributed by atoms with van der Waals surface area (Å²) in [5.74, 6) is -0.579. The molecule has 0 saturated carbocycles. The molecule has 0 fully saturated rings. The Kier molecular flexibility index (Phi) is 4.62. The minimum Gasteiger partial charge on any atom is -0.397 e. The van der Waals surface area contributed by atoms with Gasteiger partial charge in [-0.25, -0.2) is 17.7 Å². The molecule has 1 heterocycles. The lowest BCUT2D eigenvalue weighted by atomic mass is 10.3. The minimum atomic E-state index is -3.30. The molecule has 0 bridgehead atoms. The quantitative estimate of drug-likeness (QED) is 0.736. The molecule has 1 aromatic heterocycles. The van der Waals surface area contributed by atoms with Gasteiger partial charge in [-0.15, -0.1) is 0 Å². The number of amides is 1. The van der Waals surface area contributed by atoms with Crippen LogP contribution in [0.2, 0.25) is 0 Å². The van der Waals surface area contributed by atoms with Gasteiger partial charge < -0.3 is 11.1 Å². The number of hydrogen-bond acceptors (Lipinski definition) is 5. The molecule has 0 aromatic carbocycles. The van der Waals surface area contributed by atoms with Crippen molar-refractivity contribution >= 4 is 21.6 Å². The summed E-state index contributed by atoms with van der Waals surface area (Å²) in [7, 11) is -0.418. The van der Waals surface area contributed by atoms with Crippen LogP contribution >= 0.6 is 0 Å². The van der Waals surface area contributed by atoms with Crippen LogP contribution in [-0.2, 0) is 10.0 Å². The SMILES string of the molecule is CN(C)S(=O)(=O)CCNC(=O)c1ccc(N)cn1. The standard InChI is InChI=1S/C10H16N4O3S/c1-14(2)18(16,17)6-5-12-10(15)9-4-3-8(11)7-13-9/h3-4,7H,5-6,11H2,1-2H3,(H,12,15). The van der Waals surface area contributed by atoms with Gasteiger partial charge >= 0.3 is 0 Å². The van der Waals surface area contributed by atoms with Gasteiger partial charge in [-0.3, -0.25) is 4.79 Å². The van der Waals surface area contributed by atoms with Crippen LogP contribution in [0.25, 0.3) is 0 Å². The number of sulfonamides is 1. The fourth-order valence-corrected chi connectivity index (χ4v) is 1.83. The largest absolute Gasteiger partial charge is 0.397 e. The molecular formula is C10H16N4O3S. The van der Waals surface area contributed by atoms with Crippen molar-refractivity contribution in [2.75, 3.05) is 32.1 Å². The Morgan fingerprint density at radius 2 is 2.11 bits per heavy atom. The Morgan fingerprint density at radius 1 is 1.44 bits per heavy atom. The molecule has 0 atom stereocenters. The maximum absolute atomic E-state index is 11.6. The molecule has 1 aromatic rings. The van der Waals surface area contributed by atoms with Gasteiger partial charge in [0.05, 0.1) is 17.6 Å². The van der Waals surface area contributed by atoms with E-state index in [4.69, 9.17) is 5.73 Å². The number of hydrogen-bond donors (Lipinski definition) is 2. The van der Waals surface area contributed by atoms with Crippen LogP contribution in [-0.4, -0.2) is 50.0 Å². The lowest BCUT2D eigenvalue weighted by Crippen LogP contribution is -2.34. The monoisotopic (exact) mass is 272 g/mol. The second-order valence-electron chi connectivity index (χ2n) is 3.83. The molecule has 0 spiro atoms. The van der Waals surface area contributed by atoms with Gasteiger partial charge in [0, 0.05) is 20.6 Å². The molecule has 18 heavy (non-hydrogen) atoms. The second-order valence-corrected chi connectivity index (χ2v) is 6.13. The lowest BCUT2D eigenvalue weighted by Gasteiger charge is -2.11. The van der Waals surface area contributed by atoms with Gasteiger partial charge in [-0.2, -0.15) is 0 Å². The maximum Gasteiger partial charge on any atom is 0.269 e. The van der Waals surface area contributed by atoms with Crippen LogP contribution < -0.4 is 11.1 Å². The van der Waals surface area contributed by atoms with Crippen LogP contribution in [0, 0.1) is 0 Å². The van der Waals surface area contributed by atoms with E-state index in [0.717, 1.165) is 4.31 Å². The van der Waals surface area contributed by atoms with E-state index in [1.54, 1.807) is 6.07 Å². The molecular weight excluding hydrogens is 256 g/mol. The Hall–Kier alpha value is -1.67. The average Bonchev–Trinajstić information content (AvgIpc) is 2.29. The van der Waals surface area contributed by atoms with Crippen molar-refractivity contribution in [3.63, 3.8) is 0 Å². The number of anilines is 1. The van der Waals surface area contributed by atoms with Crippen LogP contribution in [0.15, 0.2) is 18.3 Å². The van der Waals surface area contributed by atoms with Gasteiger partial charge in [0.15, 0.2) is 0 Å². The first-order chi connectivity index (χ1) is 8.33. The number of nitrogens with two attached hydrogens (primary N) is 1. The molecule has 0 aliphatic carbocycles. The van der Waals surface area contributed by atoms with Crippen molar-refractivity contribution in [1.29, 1.82) is 0 Å². The number of nitrogens with zero attached hydrogens (tertiary/aromatic N) is 2. The maximum atomic E-state index is 11.6. The molecule has 0 aliphatic rings. The zero-order chi connectivity index (χ0) is 13.8. The van der Waals surface area contributed by atoms with Gasteiger partial charge in [-0.05, 0) is 12.1 Å². The van der Waals surface area contributed by atoms with E-state index < -0.39 is 15.9 Å². The third kappa shape index (κ3) is 3.97. The molecule has 100 valence electrons. The van der Waals surface area contributed by atoms with Gasteiger partial charge in [-0.1, -0.05) is 0 Å². The fourth-order valence-electron chi connectivity index (χ4n) is 1.11. The second kappa shape index (κ2) is 5.78. The van der Waals surface area contributed by atoms with Gasteiger partial charge in [0.25, 0.3) is 5.91 Å². The fraction of sp³-hybridized carbons (Fsp3) is 0.400. The number of nitrogen functional groups attached to an aromatic ring is 1. The minimum absolute atomic E-state index is 0.0331. The summed E-state index contributed by atoms with van der Waals surface area (Å²) in [4.78, 5) is 15.4. The van der Waals surface area contributed by atoms with Crippen molar-refractivity contribution in [2.24, 2.45) is 0 Å². The molecule has 7 nitrogen and oxygen atoms in total. The smallest absolute Gasteiger partial charge is 0.269 e. The topological polar surface area (TPSA) is 105 Å². The predicted octanol–water partition coefficient (Wildman–Crippen LogP) is -0.715. The highest BCUT2D eigenvalue weighted by Gasteiger charge is 2.14. The van der Waals surface area contributed by atoms with Crippen LogP contribution in [0.3, 0.4) is 0 Å². The predicted molar refractivity (Wildman–Crippen MR) is 68.5 cm³/mol. The van der Waals surface area contributed by atoms with Gasteiger partial charge in [0.1, 0.15) is 5.69 Å². The summed E-state index contributed by atoms with van der Waals surface area (Å²) >= 11 is 0. The van der Waals surface area contributed by atoms with Crippen molar-refractivity contribution in [3.8, 4) is 0 Å². The highest BCUT2D eigenvalue weighted by molar-refractivity contribution is 7.89. The molecule has 0 radical (unpaired) electrons. The number of carbonyl (C=O) groups excluding carboxylic acids is 1. The molecule has 8 heteroatoms. The van der Waals surface area contributed by atoms with E-state index in [-0.39, 0.29) is 18.0 Å². The summed E-state index contributed by atoms with van der Waals surface area (Å²) in [6, 6.07) is 3.03. The van der Waals surface area contributed by atoms with Crippen LogP contribution in [0.4, 0.5) is 5.69 Å². The zero-order valence-electron chi connectivity index (χ0n) is 10.3. The van der Waals surface area contributed by atoms with E-state index in [0.29, 0.717) is 5.69 Å². The summed E-state index contributed by atoms with van der Waals surface area (Å²) in [6.07, 6.45) is 1.37. The lowest BCUT2D eigenvalue weighted by molar-refractivity contribution is 0.0951. The average molecular weight is 272 g/mol. The number of carbonyl (C=O) groups is 1. The Bertz CT molecular complexity index is 510. The van der Waals surface area contributed by atoms with Crippen molar-refractivity contribution < 1.29 is 13.2 Å². The number of aromatic nitrogens is 1. The Labute approximate surface area is 106 Å². The van der Waals surface area contributed by atoms with Crippen LogP contribution in [0.5, 0.6) is 0 Å². The van der Waals surface area contributed by atoms with E-state index in [2.05, 4.69) is 10.3 Å². The summed E-state index contributed by atoms with van der Waals surface area (Å²) in [5.41, 5.74) is 6.10. The zero-order valence-corrected chi connectivity index (χ0v) is 11.1. The normalized spacial score (nSPS) is 11.5. The van der Waals surface area contributed by atoms with E-state index in [1.165, 1.54) is 26.4 Å². The van der Waals surface area contributed by atoms with E-state index in [9.17, 15) is 13.2 Å². The molecule has 0 saturated heterocycles. The first kappa shape index (κ1) is 14.4. The highest BCUT2D eigenvalue weighted by Crippen LogP contribution is 2.00. The Morgan fingerprint density at radius 3 is 2.61 bits per heavy atom. The number of pyridine rings is 1. The summed E-state index contributed by atoms with van der Waals surface area (Å²) < 4.78 is 24.0. The van der Waals surface area contributed by atoms with E-state index in [1.807, 2.05) is 0 Å². The van der Waals surface area contributed by atoms with Crippen molar-refractivity contribution in [2.45, 2.75) is 0 Å². The van der Waals surface area contributed by atoms with Crippen LogP contribution in [0.1, 0.15) is 10.5 Å². The first-order valence-electron chi connectivity index (χ1n) is 5.23. The third-order valence-corrected chi connectivity index (χ3v) is 4.05. The first-order valence-corrected chi connectivity index (χ1v) is 6.84. The molecule has 0 unspecified atom stereocenters. The number of rotatable bonds is 5. The molecule has 1 amide bonds. The summed E-state index contributed by atoms with van der Waals surface area (Å²) in [5, 5.41) is 2.48.